The van der Waals surface area contributed by atoms with Crippen LogP contribution >= 0.6 is 11.8 Å². The average molecular weight is 295 g/mol. The largest absolute Gasteiger partial charge is 0.480 e. The Morgan fingerprint density at radius 2 is 2.00 bits per heavy atom. The van der Waals surface area contributed by atoms with Crippen molar-refractivity contribution in [3.63, 3.8) is 0 Å². The van der Waals surface area contributed by atoms with Crippen LogP contribution in [0.1, 0.15) is 30.9 Å². The van der Waals surface area contributed by atoms with Crippen LogP contribution in [0.4, 0.5) is 0 Å². The molecule has 0 aliphatic rings. The Balaban J connectivity index is 2.38. The number of aliphatic carboxylic acids is 1. The van der Waals surface area contributed by atoms with Crippen LogP contribution in [-0.4, -0.2) is 28.8 Å². The van der Waals surface area contributed by atoms with Crippen molar-refractivity contribution in [2.45, 2.75) is 44.6 Å². The molecule has 5 heteroatoms. The van der Waals surface area contributed by atoms with E-state index >= 15 is 0 Å². The van der Waals surface area contributed by atoms with Crippen LogP contribution in [0.15, 0.2) is 23.1 Å². The van der Waals surface area contributed by atoms with Gasteiger partial charge in [0.2, 0.25) is 5.91 Å². The molecular formula is C15H21NO3S. The molecule has 4 nitrogen and oxygen atoms in total. The number of nitrogens with one attached hydrogen (secondary N) is 1. The molecule has 1 aromatic carbocycles. The van der Waals surface area contributed by atoms with E-state index in [9.17, 15) is 9.59 Å². The summed E-state index contributed by atoms with van der Waals surface area (Å²) in [5, 5.41) is 11.4. The van der Waals surface area contributed by atoms with Crippen molar-refractivity contribution in [3.8, 4) is 0 Å². The first-order valence-corrected chi connectivity index (χ1v) is 7.64. The number of carbonyl (C=O) groups excluding carboxylic acids is 1. The predicted octanol–water partition coefficient (Wildman–Crippen LogP) is 2.77. The highest BCUT2D eigenvalue weighted by Gasteiger charge is 2.16. The van der Waals surface area contributed by atoms with E-state index in [4.69, 9.17) is 5.11 Å². The number of benzene rings is 1. The molecule has 2 N–H and O–H groups in total. The van der Waals surface area contributed by atoms with Crippen LogP contribution in [0, 0.1) is 13.8 Å². The van der Waals surface area contributed by atoms with Gasteiger partial charge in [0, 0.05) is 17.1 Å². The van der Waals surface area contributed by atoms with Gasteiger partial charge in [0.25, 0.3) is 0 Å². The molecule has 0 heterocycles. The smallest absolute Gasteiger partial charge is 0.326 e. The van der Waals surface area contributed by atoms with Gasteiger partial charge in [0.1, 0.15) is 6.04 Å². The van der Waals surface area contributed by atoms with Crippen LogP contribution in [0.5, 0.6) is 0 Å². The van der Waals surface area contributed by atoms with Crippen LogP contribution in [0.25, 0.3) is 0 Å². The zero-order valence-electron chi connectivity index (χ0n) is 12.1. The first-order chi connectivity index (χ1) is 9.43. The highest BCUT2D eigenvalue weighted by Crippen LogP contribution is 2.21. The Bertz CT molecular complexity index is 488. The van der Waals surface area contributed by atoms with Gasteiger partial charge in [0.05, 0.1) is 0 Å². The number of rotatable bonds is 7. The third-order valence-electron chi connectivity index (χ3n) is 3.12. The topological polar surface area (TPSA) is 66.4 Å². The second kappa shape index (κ2) is 7.94. The summed E-state index contributed by atoms with van der Waals surface area (Å²) in [4.78, 5) is 23.6. The van der Waals surface area contributed by atoms with Gasteiger partial charge in [-0.05, 0) is 43.5 Å². The fourth-order valence-corrected chi connectivity index (χ4v) is 2.62. The molecule has 20 heavy (non-hydrogen) atoms. The molecule has 1 amide bonds. The Morgan fingerprint density at radius 1 is 1.30 bits per heavy atom. The van der Waals surface area contributed by atoms with E-state index in [1.54, 1.807) is 18.7 Å². The lowest BCUT2D eigenvalue weighted by molar-refractivity contribution is -0.141. The maximum atomic E-state index is 11.6. The Hall–Kier alpha value is -1.49. The van der Waals surface area contributed by atoms with Gasteiger partial charge >= 0.3 is 5.97 Å². The second-order valence-electron chi connectivity index (χ2n) is 4.71. The summed E-state index contributed by atoms with van der Waals surface area (Å²) >= 11 is 1.61. The van der Waals surface area contributed by atoms with Crippen molar-refractivity contribution in [2.24, 2.45) is 0 Å². The zero-order chi connectivity index (χ0) is 15.1. The summed E-state index contributed by atoms with van der Waals surface area (Å²) in [6.45, 7) is 5.86. The Labute approximate surface area is 124 Å². The van der Waals surface area contributed by atoms with Crippen molar-refractivity contribution in [1.82, 2.24) is 5.32 Å². The van der Waals surface area contributed by atoms with Gasteiger partial charge in [-0.25, -0.2) is 4.79 Å². The van der Waals surface area contributed by atoms with Crippen LogP contribution in [-0.2, 0) is 9.59 Å². The molecular weight excluding hydrogens is 274 g/mol. The SMILES string of the molecule is CC[C@H](NC(=O)CCSc1ccc(C)c(C)c1)C(=O)O. The quantitative estimate of drug-likeness (QED) is 0.759. The minimum absolute atomic E-state index is 0.212. The lowest BCUT2D eigenvalue weighted by Gasteiger charge is -2.12. The molecule has 0 radical (unpaired) electrons. The Morgan fingerprint density at radius 3 is 2.55 bits per heavy atom. The first-order valence-electron chi connectivity index (χ1n) is 6.66. The summed E-state index contributed by atoms with van der Waals surface area (Å²) < 4.78 is 0. The standard InChI is InChI=1S/C15H21NO3S/c1-4-13(15(18)19)16-14(17)7-8-20-12-6-5-10(2)11(3)9-12/h5-6,9,13H,4,7-8H2,1-3H3,(H,16,17)(H,18,19)/t13-/m0/s1. The number of amides is 1. The third-order valence-corrected chi connectivity index (χ3v) is 4.11. The third kappa shape index (κ3) is 5.25. The van der Waals surface area contributed by atoms with E-state index in [-0.39, 0.29) is 5.91 Å². The monoisotopic (exact) mass is 295 g/mol. The summed E-state index contributed by atoms with van der Waals surface area (Å²) in [7, 11) is 0. The molecule has 0 aromatic heterocycles. The number of hydrogen-bond donors (Lipinski definition) is 2. The summed E-state index contributed by atoms with van der Waals surface area (Å²) in [5.41, 5.74) is 2.48. The summed E-state index contributed by atoms with van der Waals surface area (Å²) in [5.74, 6) is -0.553. The summed E-state index contributed by atoms with van der Waals surface area (Å²) in [6.07, 6.45) is 0.715. The van der Waals surface area contributed by atoms with Gasteiger partial charge in [-0.2, -0.15) is 0 Å². The van der Waals surface area contributed by atoms with Crippen LogP contribution in [0.3, 0.4) is 0 Å². The van der Waals surface area contributed by atoms with Crippen molar-refractivity contribution in [1.29, 1.82) is 0 Å². The average Bonchev–Trinajstić information content (AvgIpc) is 2.39. The second-order valence-corrected chi connectivity index (χ2v) is 5.88. The van der Waals surface area contributed by atoms with Gasteiger partial charge < -0.3 is 10.4 Å². The van der Waals surface area contributed by atoms with E-state index in [0.29, 0.717) is 18.6 Å². The predicted molar refractivity (Wildman–Crippen MR) is 81.1 cm³/mol. The maximum Gasteiger partial charge on any atom is 0.326 e. The minimum atomic E-state index is -0.984. The molecule has 1 atom stereocenters. The number of carbonyl (C=O) groups is 2. The highest BCUT2D eigenvalue weighted by molar-refractivity contribution is 7.99. The molecule has 0 aliphatic heterocycles. The number of thioether (sulfide) groups is 1. The van der Waals surface area contributed by atoms with Crippen LogP contribution < -0.4 is 5.32 Å². The molecule has 0 aliphatic carbocycles. The first kappa shape index (κ1) is 16.6. The van der Waals surface area contributed by atoms with E-state index in [2.05, 4.69) is 31.3 Å². The van der Waals surface area contributed by atoms with Gasteiger partial charge in [0.15, 0.2) is 0 Å². The molecule has 0 spiro atoms. The number of aryl methyl sites for hydroxylation is 2. The van der Waals surface area contributed by atoms with Crippen molar-refractivity contribution < 1.29 is 14.7 Å². The van der Waals surface area contributed by atoms with Crippen molar-refractivity contribution in [3.05, 3.63) is 29.3 Å². The molecule has 0 fully saturated rings. The van der Waals surface area contributed by atoms with Gasteiger partial charge in [-0.3, -0.25) is 4.79 Å². The molecule has 1 rings (SSSR count). The lowest BCUT2D eigenvalue weighted by atomic mass is 10.1. The number of carboxylic acid groups (broad SMARTS) is 1. The minimum Gasteiger partial charge on any atom is -0.480 e. The van der Waals surface area contributed by atoms with Crippen LogP contribution in [0.2, 0.25) is 0 Å². The molecule has 0 unspecified atom stereocenters. The fraction of sp³-hybridized carbons (Fsp3) is 0.467. The maximum absolute atomic E-state index is 11.6. The fourth-order valence-electron chi connectivity index (χ4n) is 1.67. The van der Waals surface area contributed by atoms with E-state index in [0.717, 1.165) is 4.90 Å². The number of carboxylic acids is 1. The normalized spacial score (nSPS) is 11.9. The summed E-state index contributed by atoms with van der Waals surface area (Å²) in [6, 6.07) is 5.42. The number of hydrogen-bond acceptors (Lipinski definition) is 3. The van der Waals surface area contributed by atoms with Crippen molar-refractivity contribution >= 4 is 23.6 Å². The zero-order valence-corrected chi connectivity index (χ0v) is 12.9. The molecule has 0 bridgehead atoms. The molecule has 0 saturated heterocycles. The highest BCUT2D eigenvalue weighted by atomic mass is 32.2. The van der Waals surface area contributed by atoms with E-state index in [1.165, 1.54) is 11.1 Å². The van der Waals surface area contributed by atoms with Gasteiger partial charge in [-0.15, -0.1) is 11.8 Å². The molecule has 110 valence electrons. The van der Waals surface area contributed by atoms with E-state index in [1.807, 2.05) is 6.07 Å². The molecule has 1 aromatic rings. The lowest BCUT2D eigenvalue weighted by Crippen LogP contribution is -2.40. The Kier molecular flexibility index (Phi) is 6.58. The van der Waals surface area contributed by atoms with E-state index < -0.39 is 12.0 Å². The molecule has 0 saturated carbocycles. The van der Waals surface area contributed by atoms with Gasteiger partial charge in [-0.1, -0.05) is 13.0 Å². The van der Waals surface area contributed by atoms with Crippen molar-refractivity contribution in [2.75, 3.05) is 5.75 Å².